The molecular formula is C16H26Cl2Si. The van der Waals surface area contributed by atoms with Gasteiger partial charge in [0.05, 0.1) is 0 Å². The van der Waals surface area contributed by atoms with Crippen LogP contribution in [0.5, 0.6) is 0 Å². The molecule has 0 saturated heterocycles. The molecule has 0 aliphatic carbocycles. The van der Waals surface area contributed by atoms with Gasteiger partial charge in [0.25, 0.3) is 0 Å². The van der Waals surface area contributed by atoms with Crippen LogP contribution in [0.25, 0.3) is 0 Å². The highest BCUT2D eigenvalue weighted by Crippen LogP contribution is 2.36. The van der Waals surface area contributed by atoms with Crippen molar-refractivity contribution < 1.29 is 0 Å². The predicted molar refractivity (Wildman–Crippen MR) is 90.9 cm³/mol. The molecule has 0 amide bonds. The van der Waals surface area contributed by atoms with Crippen LogP contribution in [-0.2, 0) is 12.3 Å². The second kappa shape index (κ2) is 7.71. The summed E-state index contributed by atoms with van der Waals surface area (Å²) in [5, 5.41) is 0. The van der Waals surface area contributed by atoms with Crippen LogP contribution in [0.15, 0.2) is 24.3 Å². The van der Waals surface area contributed by atoms with E-state index in [9.17, 15) is 0 Å². The minimum atomic E-state index is -1.65. The van der Waals surface area contributed by atoms with Crippen molar-refractivity contribution in [2.45, 2.75) is 57.6 Å². The molecule has 0 aliphatic rings. The molecular weight excluding hydrogens is 291 g/mol. The fourth-order valence-electron chi connectivity index (χ4n) is 2.45. The second-order valence-electron chi connectivity index (χ2n) is 6.24. The first kappa shape index (κ1) is 17.1. The van der Waals surface area contributed by atoms with Gasteiger partial charge in [-0.05, 0) is 41.1 Å². The topological polar surface area (TPSA) is 0 Å². The van der Waals surface area contributed by atoms with Crippen molar-refractivity contribution in [2.24, 2.45) is 5.92 Å². The maximum atomic E-state index is 7.00. The summed E-state index contributed by atoms with van der Waals surface area (Å²) in [5.41, 5.74) is 3.21. The van der Waals surface area contributed by atoms with Gasteiger partial charge in [-0.2, -0.15) is 11.1 Å². The number of aryl methyl sites for hydroxylation is 1. The molecule has 0 heterocycles. The third-order valence-corrected chi connectivity index (χ3v) is 11.1. The Hall–Kier alpha value is 0.0169. The molecule has 0 N–H and O–H groups in total. The minimum absolute atomic E-state index is 0.591. The van der Waals surface area contributed by atoms with Crippen LogP contribution in [0.1, 0.15) is 38.8 Å². The van der Waals surface area contributed by atoms with Crippen molar-refractivity contribution in [3.05, 3.63) is 35.4 Å². The summed E-state index contributed by atoms with van der Waals surface area (Å²) in [6.45, 7) is 9.14. The molecule has 1 unspecified atom stereocenters. The lowest BCUT2D eigenvalue weighted by Crippen LogP contribution is -2.33. The van der Waals surface area contributed by atoms with Crippen LogP contribution in [-0.4, -0.2) is 7.38 Å². The summed E-state index contributed by atoms with van der Waals surface area (Å²) in [7, 11) is -1.65. The molecule has 108 valence electrons. The van der Waals surface area contributed by atoms with Gasteiger partial charge < -0.3 is 0 Å². The Bertz CT molecular complexity index is 373. The molecule has 0 aromatic heterocycles. The van der Waals surface area contributed by atoms with Crippen molar-refractivity contribution in [1.82, 2.24) is 0 Å². The number of hydrogen-bond donors (Lipinski definition) is 0. The number of halogens is 2. The van der Waals surface area contributed by atoms with Crippen LogP contribution in [0.2, 0.25) is 17.6 Å². The van der Waals surface area contributed by atoms with E-state index in [2.05, 4.69) is 52.0 Å². The van der Waals surface area contributed by atoms with Crippen LogP contribution in [0.4, 0.5) is 0 Å². The second-order valence-corrected chi connectivity index (χ2v) is 12.9. The maximum absolute atomic E-state index is 7.00. The standard InChI is InChI=1S/C16H26Cl2Si/c1-13(2)12-19(18,14(3)4)10-9-15-5-7-16(11-17)8-6-15/h5-8,13-14H,9-12H2,1-4H3. The first-order valence-corrected chi connectivity index (χ1v) is 11.2. The number of rotatable bonds is 7. The molecule has 0 radical (unpaired) electrons. The van der Waals surface area contributed by atoms with Gasteiger partial charge in [-0.15, -0.1) is 11.6 Å². The van der Waals surface area contributed by atoms with Crippen molar-refractivity contribution in [2.75, 3.05) is 0 Å². The molecule has 19 heavy (non-hydrogen) atoms. The Balaban J connectivity index is 2.65. The zero-order chi connectivity index (χ0) is 14.5. The highest BCUT2D eigenvalue weighted by Gasteiger charge is 2.34. The summed E-state index contributed by atoms with van der Waals surface area (Å²) >= 11 is 12.8. The summed E-state index contributed by atoms with van der Waals surface area (Å²) in [6.07, 6.45) is 1.10. The Labute approximate surface area is 129 Å². The third-order valence-electron chi connectivity index (χ3n) is 3.79. The average Bonchev–Trinajstić information content (AvgIpc) is 2.36. The Morgan fingerprint density at radius 1 is 1.00 bits per heavy atom. The molecule has 1 atom stereocenters. The molecule has 3 heteroatoms. The van der Waals surface area contributed by atoms with Crippen LogP contribution in [0.3, 0.4) is 0 Å². The van der Waals surface area contributed by atoms with E-state index < -0.39 is 7.38 Å². The Morgan fingerprint density at radius 2 is 1.53 bits per heavy atom. The lowest BCUT2D eigenvalue weighted by atomic mass is 10.1. The Kier molecular flexibility index (Phi) is 6.92. The fourth-order valence-corrected chi connectivity index (χ4v) is 7.15. The fraction of sp³-hybridized carbons (Fsp3) is 0.625. The molecule has 0 nitrogen and oxygen atoms in total. The number of benzene rings is 1. The van der Waals surface area contributed by atoms with Crippen LogP contribution < -0.4 is 0 Å². The van der Waals surface area contributed by atoms with Gasteiger partial charge in [-0.1, -0.05) is 52.0 Å². The predicted octanol–water partition coefficient (Wildman–Crippen LogP) is 6.22. The van der Waals surface area contributed by atoms with E-state index in [4.69, 9.17) is 22.7 Å². The monoisotopic (exact) mass is 316 g/mol. The highest BCUT2D eigenvalue weighted by atomic mass is 35.6. The van der Waals surface area contributed by atoms with E-state index in [0.29, 0.717) is 17.3 Å². The number of alkyl halides is 1. The summed E-state index contributed by atoms with van der Waals surface area (Å²) in [5.74, 6) is 1.29. The van der Waals surface area contributed by atoms with Gasteiger partial charge in [0.15, 0.2) is 7.38 Å². The Morgan fingerprint density at radius 3 is 1.95 bits per heavy atom. The van der Waals surface area contributed by atoms with Crippen molar-refractivity contribution in [3.8, 4) is 0 Å². The highest BCUT2D eigenvalue weighted by molar-refractivity contribution is 7.21. The largest absolute Gasteiger partial charge is 0.167 e. The van der Waals surface area contributed by atoms with E-state index in [-0.39, 0.29) is 0 Å². The van der Waals surface area contributed by atoms with Gasteiger partial charge in [0.2, 0.25) is 0 Å². The van der Waals surface area contributed by atoms with E-state index in [0.717, 1.165) is 6.42 Å². The summed E-state index contributed by atoms with van der Waals surface area (Å²) in [6, 6.07) is 11.0. The molecule has 0 saturated carbocycles. The van der Waals surface area contributed by atoms with Crippen molar-refractivity contribution in [3.63, 3.8) is 0 Å². The van der Waals surface area contributed by atoms with E-state index in [1.54, 1.807) is 0 Å². The first-order valence-electron chi connectivity index (χ1n) is 7.20. The molecule has 0 bridgehead atoms. The number of hydrogen-bond acceptors (Lipinski definition) is 0. The van der Waals surface area contributed by atoms with Crippen molar-refractivity contribution >= 4 is 30.1 Å². The minimum Gasteiger partial charge on any atom is -0.167 e. The van der Waals surface area contributed by atoms with Gasteiger partial charge in [-0.25, -0.2) is 0 Å². The normalized spacial score (nSPS) is 14.9. The molecule has 1 aromatic carbocycles. The SMILES string of the molecule is CC(C)C[Si](Cl)(CCc1ccc(CCl)cc1)C(C)C. The molecule has 0 spiro atoms. The van der Waals surface area contributed by atoms with Gasteiger partial charge in [-0.3, -0.25) is 0 Å². The first-order chi connectivity index (χ1) is 8.87. The lowest BCUT2D eigenvalue weighted by Gasteiger charge is -2.30. The molecule has 0 fully saturated rings. The zero-order valence-electron chi connectivity index (χ0n) is 12.5. The third kappa shape index (κ3) is 5.49. The smallest absolute Gasteiger partial charge is 0.159 e. The zero-order valence-corrected chi connectivity index (χ0v) is 15.1. The molecule has 0 aliphatic heterocycles. The van der Waals surface area contributed by atoms with Crippen LogP contribution >= 0.6 is 22.7 Å². The molecule has 1 aromatic rings. The van der Waals surface area contributed by atoms with E-state index >= 15 is 0 Å². The van der Waals surface area contributed by atoms with Gasteiger partial charge in [0.1, 0.15) is 0 Å². The van der Waals surface area contributed by atoms with E-state index in [1.807, 2.05) is 0 Å². The van der Waals surface area contributed by atoms with Gasteiger partial charge in [0, 0.05) is 5.88 Å². The average molecular weight is 317 g/mol. The van der Waals surface area contributed by atoms with Crippen LogP contribution in [0, 0.1) is 5.92 Å². The lowest BCUT2D eigenvalue weighted by molar-refractivity contribution is 0.709. The van der Waals surface area contributed by atoms with Crippen molar-refractivity contribution in [1.29, 1.82) is 0 Å². The molecule has 1 rings (SSSR count). The van der Waals surface area contributed by atoms with Gasteiger partial charge >= 0.3 is 0 Å². The quantitative estimate of drug-likeness (QED) is 0.318. The maximum Gasteiger partial charge on any atom is 0.159 e. The summed E-state index contributed by atoms with van der Waals surface area (Å²) in [4.78, 5) is 0. The van der Waals surface area contributed by atoms with E-state index in [1.165, 1.54) is 23.2 Å². The summed E-state index contributed by atoms with van der Waals surface area (Å²) < 4.78 is 0.